The number of nitrogens with zero attached hydrogens (tertiary/aromatic N) is 1. The van der Waals surface area contributed by atoms with E-state index < -0.39 is 0 Å². The van der Waals surface area contributed by atoms with E-state index in [4.69, 9.17) is 5.73 Å². The fourth-order valence-electron chi connectivity index (χ4n) is 0.759. The van der Waals surface area contributed by atoms with Gasteiger partial charge in [-0.1, -0.05) is 0 Å². The first-order valence-electron chi connectivity index (χ1n) is 3.56. The monoisotopic (exact) mass is 129 g/mol. The highest BCUT2D eigenvalue weighted by Gasteiger charge is 2.14. The van der Waals surface area contributed by atoms with E-state index in [0.29, 0.717) is 0 Å². The van der Waals surface area contributed by atoms with Crippen molar-refractivity contribution in [3.8, 4) is 0 Å². The van der Waals surface area contributed by atoms with E-state index in [1.165, 1.54) is 19.6 Å². The predicted octanol–water partition coefficient (Wildman–Crippen LogP) is -1.15. The summed E-state index contributed by atoms with van der Waals surface area (Å²) < 4.78 is 0. The Morgan fingerprint density at radius 3 is 2.67 bits per heavy atom. The minimum atomic E-state index is 0.750. The van der Waals surface area contributed by atoms with Crippen molar-refractivity contribution >= 4 is 0 Å². The second-order valence-electron chi connectivity index (χ2n) is 2.38. The molecule has 0 saturated carbocycles. The van der Waals surface area contributed by atoms with Crippen molar-refractivity contribution in [2.75, 3.05) is 39.3 Å². The summed E-state index contributed by atoms with van der Waals surface area (Å²) in [6, 6.07) is 0. The lowest BCUT2D eigenvalue weighted by molar-refractivity contribution is 0.524. The van der Waals surface area contributed by atoms with Crippen molar-refractivity contribution in [1.82, 2.24) is 10.2 Å². The fourth-order valence-corrected chi connectivity index (χ4v) is 0.759. The summed E-state index contributed by atoms with van der Waals surface area (Å²) in [4.78, 5) is 2.39. The summed E-state index contributed by atoms with van der Waals surface area (Å²) in [6.45, 7) is 6.58. The molecule has 0 radical (unpaired) electrons. The van der Waals surface area contributed by atoms with Crippen LogP contribution in [0.1, 0.15) is 0 Å². The molecule has 0 bridgehead atoms. The van der Waals surface area contributed by atoms with Gasteiger partial charge in [0.2, 0.25) is 0 Å². The molecule has 0 aliphatic carbocycles. The highest BCUT2D eigenvalue weighted by atomic mass is 15.3. The third-order valence-electron chi connectivity index (χ3n) is 1.47. The van der Waals surface area contributed by atoms with Crippen molar-refractivity contribution in [2.45, 2.75) is 0 Å². The standard InChI is InChI=1S/C6H15N3/c7-1-2-8-3-4-9-5-6-9/h8H,1-7H2. The van der Waals surface area contributed by atoms with Gasteiger partial charge >= 0.3 is 0 Å². The maximum atomic E-state index is 5.28. The van der Waals surface area contributed by atoms with Gasteiger partial charge in [-0.25, -0.2) is 0 Å². The van der Waals surface area contributed by atoms with Gasteiger partial charge < -0.3 is 11.1 Å². The van der Waals surface area contributed by atoms with Crippen molar-refractivity contribution in [1.29, 1.82) is 0 Å². The van der Waals surface area contributed by atoms with Crippen LogP contribution in [0.4, 0.5) is 0 Å². The van der Waals surface area contributed by atoms with Gasteiger partial charge in [-0.2, -0.15) is 0 Å². The number of nitrogens with one attached hydrogen (secondary N) is 1. The molecule has 1 aliphatic rings. The molecule has 3 nitrogen and oxygen atoms in total. The Morgan fingerprint density at radius 2 is 2.11 bits per heavy atom. The molecule has 0 spiro atoms. The molecule has 0 aromatic heterocycles. The first-order valence-corrected chi connectivity index (χ1v) is 3.56. The molecule has 54 valence electrons. The summed E-state index contributed by atoms with van der Waals surface area (Å²) in [6.07, 6.45) is 0. The summed E-state index contributed by atoms with van der Waals surface area (Å²) in [7, 11) is 0. The van der Waals surface area contributed by atoms with Crippen LogP contribution in [0.3, 0.4) is 0 Å². The second-order valence-corrected chi connectivity index (χ2v) is 2.38. The van der Waals surface area contributed by atoms with Crippen LogP contribution < -0.4 is 11.1 Å². The quantitative estimate of drug-likeness (QED) is 0.364. The molecule has 9 heavy (non-hydrogen) atoms. The molecule has 0 amide bonds. The lowest BCUT2D eigenvalue weighted by Crippen LogP contribution is -2.27. The highest BCUT2D eigenvalue weighted by molar-refractivity contribution is 4.72. The molecule has 0 unspecified atom stereocenters. The zero-order chi connectivity index (χ0) is 6.53. The van der Waals surface area contributed by atoms with E-state index in [9.17, 15) is 0 Å². The van der Waals surface area contributed by atoms with Gasteiger partial charge in [0.1, 0.15) is 0 Å². The van der Waals surface area contributed by atoms with Crippen LogP contribution in [0.5, 0.6) is 0 Å². The first-order chi connectivity index (χ1) is 4.43. The number of rotatable bonds is 5. The average molecular weight is 129 g/mol. The Morgan fingerprint density at radius 1 is 1.33 bits per heavy atom. The number of nitrogens with two attached hydrogens (primary N) is 1. The summed E-state index contributed by atoms with van der Waals surface area (Å²) >= 11 is 0. The maximum Gasteiger partial charge on any atom is 0.0110 e. The summed E-state index contributed by atoms with van der Waals surface area (Å²) in [5.41, 5.74) is 5.28. The van der Waals surface area contributed by atoms with Crippen molar-refractivity contribution < 1.29 is 0 Å². The van der Waals surface area contributed by atoms with Crippen molar-refractivity contribution in [3.63, 3.8) is 0 Å². The molecule has 0 aromatic carbocycles. The third-order valence-corrected chi connectivity index (χ3v) is 1.47. The van der Waals surface area contributed by atoms with Gasteiger partial charge in [0.15, 0.2) is 0 Å². The Bertz CT molecular complexity index is 70.7. The molecular weight excluding hydrogens is 114 g/mol. The fraction of sp³-hybridized carbons (Fsp3) is 1.00. The van der Waals surface area contributed by atoms with E-state index in [1.54, 1.807) is 0 Å². The van der Waals surface area contributed by atoms with E-state index in [-0.39, 0.29) is 0 Å². The largest absolute Gasteiger partial charge is 0.329 e. The maximum absolute atomic E-state index is 5.28. The lowest BCUT2D eigenvalue weighted by atomic mass is 10.5. The highest BCUT2D eigenvalue weighted by Crippen LogP contribution is 1.99. The topological polar surface area (TPSA) is 41.1 Å². The van der Waals surface area contributed by atoms with Crippen LogP contribution >= 0.6 is 0 Å². The first kappa shape index (κ1) is 6.99. The van der Waals surface area contributed by atoms with E-state index >= 15 is 0 Å². The Hall–Kier alpha value is -0.120. The Kier molecular flexibility index (Phi) is 2.97. The summed E-state index contributed by atoms with van der Waals surface area (Å²) in [5, 5.41) is 3.24. The third kappa shape index (κ3) is 3.46. The van der Waals surface area contributed by atoms with Crippen LogP contribution in [-0.4, -0.2) is 44.2 Å². The molecule has 3 heteroatoms. The van der Waals surface area contributed by atoms with Crippen LogP contribution in [0.25, 0.3) is 0 Å². The summed E-state index contributed by atoms with van der Waals surface area (Å²) in [5.74, 6) is 0. The zero-order valence-corrected chi connectivity index (χ0v) is 5.77. The minimum Gasteiger partial charge on any atom is -0.329 e. The normalized spacial score (nSPS) is 18.3. The average Bonchev–Trinajstić information content (AvgIpc) is 2.63. The molecular formula is C6H15N3. The van der Waals surface area contributed by atoms with E-state index in [0.717, 1.165) is 19.6 Å². The van der Waals surface area contributed by atoms with Crippen molar-refractivity contribution in [3.05, 3.63) is 0 Å². The SMILES string of the molecule is NCCNCCN1CC1. The molecule has 1 heterocycles. The van der Waals surface area contributed by atoms with Crippen LogP contribution in [0.15, 0.2) is 0 Å². The van der Waals surface area contributed by atoms with Crippen LogP contribution in [0, 0.1) is 0 Å². The second kappa shape index (κ2) is 3.82. The van der Waals surface area contributed by atoms with Crippen molar-refractivity contribution in [2.24, 2.45) is 5.73 Å². The van der Waals surface area contributed by atoms with Gasteiger partial charge in [-0.3, -0.25) is 4.90 Å². The van der Waals surface area contributed by atoms with Gasteiger partial charge in [-0.15, -0.1) is 0 Å². The predicted molar refractivity (Wildman–Crippen MR) is 38.4 cm³/mol. The molecule has 1 aliphatic heterocycles. The molecule has 0 aromatic rings. The van der Waals surface area contributed by atoms with E-state index in [1.807, 2.05) is 0 Å². The Labute approximate surface area is 56.2 Å². The van der Waals surface area contributed by atoms with Gasteiger partial charge in [0.05, 0.1) is 0 Å². The minimum absolute atomic E-state index is 0.750. The van der Waals surface area contributed by atoms with Gasteiger partial charge in [0.25, 0.3) is 0 Å². The number of hydrogen-bond acceptors (Lipinski definition) is 3. The molecule has 1 rings (SSSR count). The van der Waals surface area contributed by atoms with Crippen LogP contribution in [-0.2, 0) is 0 Å². The van der Waals surface area contributed by atoms with Gasteiger partial charge in [-0.05, 0) is 0 Å². The molecule has 1 fully saturated rings. The smallest absolute Gasteiger partial charge is 0.0110 e. The molecule has 1 saturated heterocycles. The van der Waals surface area contributed by atoms with E-state index in [2.05, 4.69) is 10.2 Å². The zero-order valence-electron chi connectivity index (χ0n) is 5.77. The molecule has 0 atom stereocenters. The number of hydrogen-bond donors (Lipinski definition) is 2. The van der Waals surface area contributed by atoms with Gasteiger partial charge in [0, 0.05) is 39.3 Å². The van der Waals surface area contributed by atoms with Crippen LogP contribution in [0.2, 0.25) is 0 Å². The Balaban J connectivity index is 1.71. The molecule has 3 N–H and O–H groups in total. The lowest BCUT2D eigenvalue weighted by Gasteiger charge is -2.01.